The van der Waals surface area contributed by atoms with Crippen LogP contribution in [0, 0.1) is 15.9 Å². The Balaban J connectivity index is 2.79. The molecule has 0 amide bonds. The van der Waals surface area contributed by atoms with Crippen molar-refractivity contribution >= 4 is 17.3 Å². The number of rotatable bonds is 8. The van der Waals surface area contributed by atoms with Crippen LogP contribution in [0.4, 0.5) is 24.5 Å². The lowest BCUT2D eigenvalue weighted by atomic mass is 10.1. The maximum absolute atomic E-state index is 13.5. The maximum Gasteiger partial charge on any atom is 0.338 e. The Morgan fingerprint density at radius 1 is 1.48 bits per heavy atom. The normalized spacial score (nSPS) is 10.7. The SMILES string of the molecule is O=C(O)c1cc([N+](=O)[O-])c(NCCOCC(F)F)cc1F. The predicted octanol–water partition coefficient (Wildman–Crippen LogP) is 2.13. The molecule has 0 aliphatic heterocycles. The number of carbonyl (C=O) groups is 1. The predicted molar refractivity (Wildman–Crippen MR) is 65.3 cm³/mol. The van der Waals surface area contributed by atoms with Crippen LogP contribution in [0.2, 0.25) is 0 Å². The number of halogens is 3. The summed E-state index contributed by atoms with van der Waals surface area (Å²) in [6.07, 6.45) is -2.63. The van der Waals surface area contributed by atoms with Gasteiger partial charge in [-0.05, 0) is 0 Å². The second kappa shape index (κ2) is 7.43. The Morgan fingerprint density at radius 3 is 2.67 bits per heavy atom. The van der Waals surface area contributed by atoms with Crippen molar-refractivity contribution in [2.75, 3.05) is 25.1 Å². The fourth-order valence-corrected chi connectivity index (χ4v) is 1.45. The number of nitro groups is 1. The second-order valence-electron chi connectivity index (χ2n) is 3.80. The number of benzene rings is 1. The van der Waals surface area contributed by atoms with Gasteiger partial charge in [0.1, 0.15) is 23.7 Å². The number of carboxylic acids is 1. The molecule has 0 radical (unpaired) electrons. The van der Waals surface area contributed by atoms with Crippen molar-refractivity contribution in [1.82, 2.24) is 0 Å². The highest BCUT2D eigenvalue weighted by atomic mass is 19.3. The van der Waals surface area contributed by atoms with Gasteiger partial charge in [-0.25, -0.2) is 18.0 Å². The van der Waals surface area contributed by atoms with Gasteiger partial charge in [-0.2, -0.15) is 0 Å². The molecule has 0 spiro atoms. The van der Waals surface area contributed by atoms with Gasteiger partial charge in [0.2, 0.25) is 0 Å². The highest BCUT2D eigenvalue weighted by Gasteiger charge is 2.21. The summed E-state index contributed by atoms with van der Waals surface area (Å²) in [5.74, 6) is -2.79. The average molecular weight is 308 g/mol. The zero-order chi connectivity index (χ0) is 16.0. The number of nitrogens with zero attached hydrogens (tertiary/aromatic N) is 1. The third-order valence-corrected chi connectivity index (χ3v) is 2.32. The molecule has 0 fully saturated rings. The molecule has 0 aromatic heterocycles. The number of hydrogen-bond donors (Lipinski definition) is 2. The fraction of sp³-hybridized carbons (Fsp3) is 0.364. The Labute approximate surface area is 116 Å². The summed E-state index contributed by atoms with van der Waals surface area (Å²) in [5.41, 5.74) is -1.73. The van der Waals surface area contributed by atoms with Crippen LogP contribution >= 0.6 is 0 Å². The van der Waals surface area contributed by atoms with Gasteiger partial charge in [-0.3, -0.25) is 10.1 Å². The average Bonchev–Trinajstić information content (AvgIpc) is 2.37. The standard InChI is InChI=1S/C11H11F3N2O5/c12-7-4-8(15-1-2-21-5-10(13)14)9(16(19)20)3-6(7)11(17)18/h3-4,10,15H,1-2,5H2,(H,17,18). The summed E-state index contributed by atoms with van der Waals surface area (Å²) >= 11 is 0. The van der Waals surface area contributed by atoms with Crippen LogP contribution in [0.25, 0.3) is 0 Å². The highest BCUT2D eigenvalue weighted by molar-refractivity contribution is 5.90. The summed E-state index contributed by atoms with van der Waals surface area (Å²) in [6, 6.07) is 1.24. The molecule has 21 heavy (non-hydrogen) atoms. The number of nitro benzene ring substituents is 1. The van der Waals surface area contributed by atoms with Gasteiger partial charge in [0.25, 0.3) is 12.1 Å². The van der Waals surface area contributed by atoms with Crippen molar-refractivity contribution in [3.8, 4) is 0 Å². The minimum Gasteiger partial charge on any atom is -0.478 e. The van der Waals surface area contributed by atoms with Gasteiger partial charge in [0, 0.05) is 18.7 Å². The maximum atomic E-state index is 13.5. The molecule has 7 nitrogen and oxygen atoms in total. The van der Waals surface area contributed by atoms with Crippen molar-refractivity contribution in [3.63, 3.8) is 0 Å². The molecule has 0 atom stereocenters. The fourth-order valence-electron chi connectivity index (χ4n) is 1.45. The van der Waals surface area contributed by atoms with E-state index in [1.54, 1.807) is 0 Å². The molecule has 10 heteroatoms. The monoisotopic (exact) mass is 308 g/mol. The van der Waals surface area contributed by atoms with Gasteiger partial charge in [0.15, 0.2) is 0 Å². The van der Waals surface area contributed by atoms with Crippen molar-refractivity contribution in [2.24, 2.45) is 0 Å². The summed E-state index contributed by atoms with van der Waals surface area (Å²) < 4.78 is 41.6. The highest BCUT2D eigenvalue weighted by Crippen LogP contribution is 2.27. The van der Waals surface area contributed by atoms with Crippen LogP contribution in [0.15, 0.2) is 12.1 Å². The quantitative estimate of drug-likeness (QED) is 0.433. The van der Waals surface area contributed by atoms with Crippen LogP contribution in [0.1, 0.15) is 10.4 Å². The first kappa shape index (κ1) is 16.7. The Kier molecular flexibility index (Phi) is 5.91. The van der Waals surface area contributed by atoms with Crippen LogP contribution in [-0.4, -0.2) is 42.2 Å². The van der Waals surface area contributed by atoms with E-state index >= 15 is 0 Å². The van der Waals surface area contributed by atoms with Crippen molar-refractivity contribution in [3.05, 3.63) is 33.6 Å². The lowest BCUT2D eigenvalue weighted by molar-refractivity contribution is -0.384. The minimum atomic E-state index is -2.63. The topological polar surface area (TPSA) is 102 Å². The van der Waals surface area contributed by atoms with Crippen LogP contribution in [-0.2, 0) is 4.74 Å². The molecule has 2 N–H and O–H groups in total. The molecule has 0 aliphatic rings. The Morgan fingerprint density at radius 2 is 2.14 bits per heavy atom. The Hall–Kier alpha value is -2.36. The van der Waals surface area contributed by atoms with Gasteiger partial charge in [-0.1, -0.05) is 0 Å². The molecule has 116 valence electrons. The van der Waals surface area contributed by atoms with Crippen molar-refractivity contribution < 1.29 is 32.7 Å². The van der Waals surface area contributed by atoms with E-state index in [0.717, 1.165) is 0 Å². The first-order valence-electron chi connectivity index (χ1n) is 5.64. The largest absolute Gasteiger partial charge is 0.478 e. The molecular formula is C11H11F3N2O5. The van der Waals surface area contributed by atoms with Gasteiger partial charge in [-0.15, -0.1) is 0 Å². The zero-order valence-corrected chi connectivity index (χ0v) is 10.5. The molecular weight excluding hydrogens is 297 g/mol. The number of ether oxygens (including phenoxy) is 1. The van der Waals surface area contributed by atoms with E-state index < -0.39 is 41.0 Å². The van der Waals surface area contributed by atoms with E-state index in [0.29, 0.717) is 12.1 Å². The summed E-state index contributed by atoms with van der Waals surface area (Å²) in [6.45, 7) is -1.04. The minimum absolute atomic E-state index is 0.0839. The van der Waals surface area contributed by atoms with E-state index in [2.05, 4.69) is 10.1 Å². The van der Waals surface area contributed by atoms with Crippen LogP contribution < -0.4 is 5.32 Å². The van der Waals surface area contributed by atoms with E-state index in [9.17, 15) is 28.1 Å². The molecule has 1 rings (SSSR count). The summed E-state index contributed by atoms with van der Waals surface area (Å²) in [4.78, 5) is 20.6. The number of nitrogens with one attached hydrogen (secondary N) is 1. The van der Waals surface area contributed by atoms with E-state index in [-0.39, 0.29) is 18.8 Å². The van der Waals surface area contributed by atoms with Crippen molar-refractivity contribution in [1.29, 1.82) is 0 Å². The van der Waals surface area contributed by atoms with Crippen molar-refractivity contribution in [2.45, 2.75) is 6.43 Å². The first-order chi connectivity index (χ1) is 9.82. The van der Waals surface area contributed by atoms with Crippen LogP contribution in [0.5, 0.6) is 0 Å². The molecule has 0 bridgehead atoms. The van der Waals surface area contributed by atoms with Gasteiger partial charge < -0.3 is 15.2 Å². The second-order valence-corrected chi connectivity index (χ2v) is 3.80. The Bertz CT molecular complexity index is 539. The molecule has 1 aromatic rings. The van der Waals surface area contributed by atoms with Crippen LogP contribution in [0.3, 0.4) is 0 Å². The molecule has 0 aliphatic carbocycles. The third kappa shape index (κ3) is 4.91. The first-order valence-corrected chi connectivity index (χ1v) is 5.64. The third-order valence-electron chi connectivity index (χ3n) is 2.32. The zero-order valence-electron chi connectivity index (χ0n) is 10.5. The summed E-state index contributed by atoms with van der Waals surface area (Å²) in [5, 5.41) is 21.9. The smallest absolute Gasteiger partial charge is 0.338 e. The number of aromatic carboxylic acids is 1. The number of hydrogen-bond acceptors (Lipinski definition) is 5. The molecule has 1 aromatic carbocycles. The molecule has 0 heterocycles. The van der Waals surface area contributed by atoms with E-state index in [4.69, 9.17) is 5.11 Å². The lowest BCUT2D eigenvalue weighted by Gasteiger charge is -2.09. The number of carboxylic acid groups (broad SMARTS) is 1. The number of anilines is 1. The number of alkyl halides is 2. The van der Waals surface area contributed by atoms with Gasteiger partial charge in [0.05, 0.1) is 11.5 Å². The summed E-state index contributed by atoms with van der Waals surface area (Å²) in [7, 11) is 0. The van der Waals surface area contributed by atoms with E-state index in [1.165, 1.54) is 0 Å². The van der Waals surface area contributed by atoms with E-state index in [1.807, 2.05) is 0 Å². The molecule has 0 saturated carbocycles. The lowest BCUT2D eigenvalue weighted by Crippen LogP contribution is -2.14. The molecule has 0 saturated heterocycles. The van der Waals surface area contributed by atoms with Gasteiger partial charge >= 0.3 is 5.97 Å². The molecule has 0 unspecified atom stereocenters.